The van der Waals surface area contributed by atoms with Gasteiger partial charge in [0.1, 0.15) is 11.2 Å². The lowest BCUT2D eigenvalue weighted by molar-refractivity contribution is 0.594. The molecule has 0 saturated heterocycles. The van der Waals surface area contributed by atoms with E-state index in [1.807, 2.05) is 0 Å². The monoisotopic (exact) mass is 1180 g/mol. The van der Waals surface area contributed by atoms with Gasteiger partial charge in [-0.1, -0.05) is 248 Å². The standard InChI is InChI=1S/C86H62N4O2/c1-85(2,3)67-41-21-39-63-75-69(87(53-29-15-9-16-30-53)71-43-23-37-61-59-35-19-33-55(81(59)91-83(61)71)51-25-11-7-12-26-51)47-45-57-65-50-74-66(49-73(65)89(77(63)67)79(57)75)58-46-48-70(76-64-40-22-42-68(86(4,5)6)78(64)90(74)80(58)76)88(54-31-17-10-18-32-54)72-44-24-38-62-60-36-20-34-56(82(60)92-84(62)72)52-27-13-8-14-28-52/h7-50H,1-6H3. The molecule has 0 aliphatic heterocycles. The molecule has 0 fully saturated rings. The van der Waals surface area contributed by atoms with Crippen molar-refractivity contribution in [2.45, 2.75) is 52.4 Å². The van der Waals surface area contributed by atoms with Gasteiger partial charge in [-0.3, -0.25) is 0 Å². The number of rotatable bonds is 8. The molecular formula is C86H62N4O2. The largest absolute Gasteiger partial charge is 0.453 e. The second-order valence-electron chi connectivity index (χ2n) is 27.1. The van der Waals surface area contributed by atoms with E-state index in [0.717, 1.165) is 100 Å². The smallest absolute Gasteiger partial charge is 0.159 e. The molecule has 0 atom stereocenters. The van der Waals surface area contributed by atoms with Crippen molar-refractivity contribution in [1.29, 1.82) is 0 Å². The van der Waals surface area contributed by atoms with Crippen molar-refractivity contribution in [3.05, 3.63) is 278 Å². The van der Waals surface area contributed by atoms with Crippen molar-refractivity contribution in [2.24, 2.45) is 0 Å². The van der Waals surface area contributed by atoms with E-state index in [1.165, 1.54) is 87.3 Å². The molecule has 0 saturated carbocycles. The molecule has 13 aromatic carbocycles. The maximum Gasteiger partial charge on any atom is 0.159 e. The Bertz CT molecular complexity index is 5810. The van der Waals surface area contributed by atoms with Gasteiger partial charge in [0.2, 0.25) is 0 Å². The minimum atomic E-state index is -0.188. The number of furan rings is 2. The van der Waals surface area contributed by atoms with Crippen LogP contribution in [0.1, 0.15) is 52.7 Å². The van der Waals surface area contributed by atoms with Crippen LogP contribution in [0.4, 0.5) is 34.1 Å². The van der Waals surface area contributed by atoms with Gasteiger partial charge in [0, 0.05) is 87.1 Å². The maximum atomic E-state index is 7.25. The first-order valence-electron chi connectivity index (χ1n) is 32.1. The summed E-state index contributed by atoms with van der Waals surface area (Å²) in [4.78, 5) is 4.89. The first-order valence-corrected chi connectivity index (χ1v) is 32.1. The highest BCUT2D eigenvalue weighted by Crippen LogP contribution is 2.55. The highest BCUT2D eigenvalue weighted by Gasteiger charge is 2.33. The van der Waals surface area contributed by atoms with Crippen molar-refractivity contribution in [3.8, 4) is 22.3 Å². The van der Waals surface area contributed by atoms with Crippen LogP contribution in [-0.2, 0) is 10.8 Å². The predicted molar refractivity (Wildman–Crippen MR) is 388 cm³/mol. The van der Waals surface area contributed by atoms with Crippen molar-refractivity contribution < 1.29 is 8.83 Å². The van der Waals surface area contributed by atoms with Crippen molar-refractivity contribution in [1.82, 2.24) is 8.80 Å². The third-order valence-corrected chi connectivity index (χ3v) is 19.8. The van der Waals surface area contributed by atoms with Crippen LogP contribution in [0.2, 0.25) is 0 Å². The number of para-hydroxylation sites is 8. The average molecular weight is 1180 g/mol. The molecule has 0 amide bonds. The van der Waals surface area contributed by atoms with Gasteiger partial charge in [-0.25, -0.2) is 0 Å². The van der Waals surface area contributed by atoms with Crippen LogP contribution in [0, 0.1) is 0 Å². The van der Waals surface area contributed by atoms with Gasteiger partial charge >= 0.3 is 0 Å². The third kappa shape index (κ3) is 7.32. The highest BCUT2D eigenvalue weighted by molar-refractivity contribution is 6.33. The van der Waals surface area contributed by atoms with E-state index in [2.05, 4.69) is 327 Å². The van der Waals surface area contributed by atoms with Gasteiger partial charge < -0.3 is 27.4 Å². The summed E-state index contributed by atoms with van der Waals surface area (Å²) in [5.74, 6) is 0. The Balaban J connectivity index is 0.901. The van der Waals surface area contributed by atoms with Gasteiger partial charge in [0.15, 0.2) is 11.2 Å². The Labute approximate surface area is 531 Å². The quantitative estimate of drug-likeness (QED) is 0.152. The summed E-state index contributed by atoms with van der Waals surface area (Å²) in [6.07, 6.45) is 0. The second kappa shape index (κ2) is 19.1. The lowest BCUT2D eigenvalue weighted by Gasteiger charge is -2.26. The van der Waals surface area contributed by atoms with E-state index in [0.29, 0.717) is 0 Å². The minimum absolute atomic E-state index is 0.188. The Morgan fingerprint density at radius 1 is 0.272 bits per heavy atom. The highest BCUT2D eigenvalue weighted by atomic mass is 16.3. The SMILES string of the molecule is CC(C)(C)c1cccc2c3c(N(c4ccccc4)c4cccc5c4oc4c(-c6ccccc6)cccc45)ccc4c5cc6c(cc5n(c12)c43)c1ccc(N(c2ccccc2)c2cccc3c2oc2c(-c4ccccc4)cccc23)c2c3cccc(C(C)(C)C)c3n6c12. The van der Waals surface area contributed by atoms with E-state index >= 15 is 0 Å². The summed E-state index contributed by atoms with van der Waals surface area (Å²) in [5, 5.41) is 14.0. The molecule has 0 unspecified atom stereocenters. The molecule has 6 heteroatoms. The van der Waals surface area contributed by atoms with Crippen molar-refractivity contribution in [2.75, 3.05) is 9.80 Å². The van der Waals surface area contributed by atoms with Crippen LogP contribution in [-0.4, -0.2) is 8.80 Å². The zero-order chi connectivity index (χ0) is 61.5. The number of anilines is 6. The molecule has 19 aromatic rings. The first-order chi connectivity index (χ1) is 45.0. The van der Waals surface area contributed by atoms with Crippen LogP contribution in [0.15, 0.2) is 276 Å². The minimum Gasteiger partial charge on any atom is -0.453 e. The normalized spacial score (nSPS) is 12.7. The number of aromatic nitrogens is 2. The number of hydrogen-bond donors (Lipinski definition) is 0. The summed E-state index contributed by atoms with van der Waals surface area (Å²) in [6.45, 7) is 14.1. The van der Waals surface area contributed by atoms with E-state index in [9.17, 15) is 0 Å². The number of benzene rings is 13. The van der Waals surface area contributed by atoms with Crippen molar-refractivity contribution in [3.63, 3.8) is 0 Å². The summed E-state index contributed by atoms with van der Waals surface area (Å²) in [5.41, 5.74) is 23.6. The average Bonchev–Trinajstić information content (AvgIpc) is 1.51. The summed E-state index contributed by atoms with van der Waals surface area (Å²) in [6, 6.07) is 97.8. The molecule has 0 aliphatic carbocycles. The third-order valence-electron chi connectivity index (χ3n) is 19.8. The van der Waals surface area contributed by atoms with Crippen LogP contribution in [0.3, 0.4) is 0 Å². The molecule has 0 N–H and O–H groups in total. The Morgan fingerprint density at radius 3 is 1.01 bits per heavy atom. The molecule has 0 aliphatic rings. The lowest BCUT2D eigenvalue weighted by Crippen LogP contribution is -2.12. The zero-order valence-corrected chi connectivity index (χ0v) is 52.0. The summed E-state index contributed by atoms with van der Waals surface area (Å²) < 4.78 is 19.8. The molecule has 438 valence electrons. The Kier molecular flexibility index (Phi) is 10.9. The molecular weight excluding hydrogens is 1120 g/mol. The summed E-state index contributed by atoms with van der Waals surface area (Å²) >= 11 is 0. The molecule has 0 radical (unpaired) electrons. The fourth-order valence-corrected chi connectivity index (χ4v) is 15.9. The first kappa shape index (κ1) is 52.6. The van der Waals surface area contributed by atoms with Gasteiger partial charge in [0.25, 0.3) is 0 Å². The number of hydrogen-bond acceptors (Lipinski definition) is 4. The topological polar surface area (TPSA) is 41.6 Å². The molecule has 19 rings (SSSR count). The van der Waals surface area contributed by atoms with E-state index < -0.39 is 0 Å². The van der Waals surface area contributed by atoms with E-state index in [-0.39, 0.29) is 10.8 Å². The molecule has 6 aromatic heterocycles. The maximum absolute atomic E-state index is 7.25. The van der Waals surface area contributed by atoms with Crippen LogP contribution < -0.4 is 9.80 Å². The fourth-order valence-electron chi connectivity index (χ4n) is 15.9. The van der Waals surface area contributed by atoms with Gasteiger partial charge in [-0.2, -0.15) is 0 Å². The molecule has 0 spiro atoms. The van der Waals surface area contributed by atoms with Crippen LogP contribution >= 0.6 is 0 Å². The van der Waals surface area contributed by atoms with Gasteiger partial charge in [-0.15, -0.1) is 0 Å². The molecule has 6 heterocycles. The number of nitrogens with zero attached hydrogens (tertiary/aromatic N) is 4. The Morgan fingerprint density at radius 2 is 0.620 bits per heavy atom. The zero-order valence-electron chi connectivity index (χ0n) is 52.0. The van der Waals surface area contributed by atoms with Crippen LogP contribution in [0.25, 0.3) is 142 Å². The molecule has 6 nitrogen and oxygen atoms in total. The van der Waals surface area contributed by atoms with Gasteiger partial charge in [0.05, 0.1) is 55.8 Å². The van der Waals surface area contributed by atoms with E-state index in [4.69, 9.17) is 8.83 Å². The summed E-state index contributed by atoms with van der Waals surface area (Å²) in [7, 11) is 0. The lowest BCUT2D eigenvalue weighted by atomic mass is 9.85. The Hall–Kier alpha value is -11.3. The van der Waals surface area contributed by atoms with Gasteiger partial charge in [-0.05, 0) is 93.7 Å². The fraction of sp³-hybridized carbons (Fsp3) is 0.0930. The number of fused-ring (bicyclic) bond motifs is 18. The molecule has 0 bridgehead atoms. The van der Waals surface area contributed by atoms with Crippen molar-refractivity contribution >= 4 is 154 Å². The molecule has 92 heavy (non-hydrogen) atoms. The second-order valence-corrected chi connectivity index (χ2v) is 27.1. The predicted octanol–water partition coefficient (Wildman–Crippen LogP) is 24.7. The van der Waals surface area contributed by atoms with E-state index in [1.54, 1.807) is 0 Å². The van der Waals surface area contributed by atoms with Crippen LogP contribution in [0.5, 0.6) is 0 Å².